The Balaban J connectivity index is 1.36. The Morgan fingerprint density at radius 2 is 2.03 bits per heavy atom. The number of imide groups is 1. The summed E-state index contributed by atoms with van der Waals surface area (Å²) >= 11 is 0. The van der Waals surface area contributed by atoms with Gasteiger partial charge in [-0.1, -0.05) is 12.1 Å². The molecule has 2 fully saturated rings. The molecule has 8 nitrogen and oxygen atoms in total. The van der Waals surface area contributed by atoms with Gasteiger partial charge in [0.1, 0.15) is 24.2 Å². The molecule has 3 aliphatic rings. The van der Waals surface area contributed by atoms with Crippen LogP contribution in [-0.2, 0) is 34.0 Å². The molecule has 2 saturated heterocycles. The first-order valence-corrected chi connectivity index (χ1v) is 11.1. The van der Waals surface area contributed by atoms with E-state index in [1.807, 2.05) is 0 Å². The van der Waals surface area contributed by atoms with Crippen molar-refractivity contribution in [2.45, 2.75) is 38.5 Å². The highest BCUT2D eigenvalue weighted by atomic mass is 19.1. The van der Waals surface area contributed by atoms with Crippen molar-refractivity contribution < 1.29 is 32.4 Å². The second kappa shape index (κ2) is 9.52. The van der Waals surface area contributed by atoms with E-state index in [1.54, 1.807) is 23.1 Å². The first kappa shape index (κ1) is 19.1. The van der Waals surface area contributed by atoms with E-state index in [4.69, 9.17) is 13.6 Å². The zero-order valence-corrected chi connectivity index (χ0v) is 18.4. The number of benzene rings is 2. The molecule has 1 atom stereocenters. The molecule has 5 rings (SSSR count). The highest BCUT2D eigenvalue weighted by molar-refractivity contribution is 6.05. The highest BCUT2D eigenvalue weighted by Gasteiger charge is 2.40. The van der Waals surface area contributed by atoms with E-state index in [2.05, 4.69) is 5.32 Å². The lowest BCUT2D eigenvalue weighted by Crippen LogP contribution is -2.52. The van der Waals surface area contributed by atoms with Crippen LogP contribution in [0.4, 0.5) is 4.39 Å². The molecule has 1 N–H and O–H groups in total. The normalized spacial score (nSPS) is 24.8. The van der Waals surface area contributed by atoms with Crippen LogP contribution >= 0.6 is 0 Å². The zero-order valence-electron chi connectivity index (χ0n) is 21.4. The number of hydrogen-bond donors (Lipinski definition) is 1. The predicted octanol–water partition coefficient (Wildman–Crippen LogP) is 2.00. The van der Waals surface area contributed by atoms with Gasteiger partial charge in [0.25, 0.3) is 5.91 Å². The van der Waals surface area contributed by atoms with Gasteiger partial charge in [0.05, 0.1) is 21.1 Å². The van der Waals surface area contributed by atoms with Crippen molar-refractivity contribution in [1.82, 2.24) is 15.1 Å². The van der Waals surface area contributed by atoms with E-state index in [9.17, 15) is 18.8 Å². The van der Waals surface area contributed by atoms with Gasteiger partial charge in [-0.05, 0) is 36.2 Å². The Labute approximate surface area is 200 Å². The molecule has 3 amide bonds. The first-order valence-electron chi connectivity index (χ1n) is 12.6. The number of hydrogen-bond acceptors (Lipinski definition) is 6. The van der Waals surface area contributed by atoms with Crippen LogP contribution in [0.2, 0.25) is 0 Å². The van der Waals surface area contributed by atoms with Crippen molar-refractivity contribution in [3.8, 4) is 5.75 Å². The van der Waals surface area contributed by atoms with Gasteiger partial charge in [0, 0.05) is 45.4 Å². The molecule has 2 aromatic carbocycles. The second-order valence-electron chi connectivity index (χ2n) is 8.30. The number of nitrogens with zero attached hydrogens (tertiary/aromatic N) is 2. The number of rotatable bonds is 6. The summed E-state index contributed by atoms with van der Waals surface area (Å²) in [4.78, 5) is 39.8. The molecule has 3 heterocycles. The van der Waals surface area contributed by atoms with Gasteiger partial charge in [-0.25, -0.2) is 4.39 Å². The van der Waals surface area contributed by atoms with Gasteiger partial charge in [-0.15, -0.1) is 0 Å². The fourth-order valence-corrected chi connectivity index (χ4v) is 4.29. The minimum Gasteiger partial charge on any atom is -0.488 e. The van der Waals surface area contributed by atoms with E-state index in [-0.39, 0.29) is 37.1 Å². The van der Waals surface area contributed by atoms with Crippen LogP contribution < -0.4 is 10.1 Å². The summed E-state index contributed by atoms with van der Waals surface area (Å²) in [6.07, 6.45) is -0.164. The molecule has 0 bridgehead atoms. The number of morpholine rings is 1. The van der Waals surface area contributed by atoms with Gasteiger partial charge < -0.3 is 14.4 Å². The van der Waals surface area contributed by atoms with Crippen LogP contribution in [0.3, 0.4) is 0 Å². The fraction of sp³-hybridized carbons (Fsp3) is 0.400. The summed E-state index contributed by atoms with van der Waals surface area (Å²) in [6, 6.07) is 6.92. The summed E-state index contributed by atoms with van der Waals surface area (Å²) in [5.41, 5.74) is 1.18. The van der Waals surface area contributed by atoms with Crippen LogP contribution in [0.25, 0.3) is 0 Å². The van der Waals surface area contributed by atoms with Crippen molar-refractivity contribution >= 4 is 17.7 Å². The number of nitrogens with one attached hydrogen (secondary N) is 1. The molecule has 3 aliphatic heterocycles. The maximum atomic E-state index is 14.7. The summed E-state index contributed by atoms with van der Waals surface area (Å²) in [5.74, 6) is -2.11. The second-order valence-corrected chi connectivity index (χ2v) is 8.30. The van der Waals surface area contributed by atoms with Crippen LogP contribution in [0.1, 0.15) is 44.0 Å². The number of ether oxygens (including phenoxy) is 2. The third kappa shape index (κ3) is 4.53. The fourth-order valence-electron chi connectivity index (χ4n) is 4.29. The van der Waals surface area contributed by atoms with Crippen molar-refractivity contribution in [2.75, 3.05) is 26.3 Å². The number of carbonyl (C=O) groups is 3. The molecule has 178 valence electrons. The largest absolute Gasteiger partial charge is 0.488 e. The Kier molecular flexibility index (Phi) is 5.33. The molecule has 0 radical (unpaired) electrons. The van der Waals surface area contributed by atoms with E-state index in [0.717, 1.165) is 4.90 Å². The summed E-state index contributed by atoms with van der Waals surface area (Å²) in [6.45, 7) is -0.438. The molecule has 0 aromatic heterocycles. The standard InChI is InChI=1S/C25H26FN3O5/c26-20-5-4-16(13-28-8-10-33-11-9-28)12-17(20)15-34-22-3-1-2-18-19(22)14-29(25(18)32)21-6-7-23(30)27-24(21)31/h1-5,12,21H,6-11,13-15H2,(H,27,30,31)/i13D2,21D. The zero-order chi connectivity index (χ0) is 26.4. The quantitative estimate of drug-likeness (QED) is 0.650. The van der Waals surface area contributed by atoms with E-state index in [1.165, 1.54) is 18.2 Å². The molecular weight excluding hydrogens is 441 g/mol. The van der Waals surface area contributed by atoms with Crippen molar-refractivity contribution in [3.63, 3.8) is 0 Å². The summed E-state index contributed by atoms with van der Waals surface area (Å²) in [5, 5.41) is 2.13. The smallest absolute Gasteiger partial charge is 0.255 e. The molecule has 0 spiro atoms. The van der Waals surface area contributed by atoms with Crippen molar-refractivity contribution in [1.29, 1.82) is 0 Å². The van der Waals surface area contributed by atoms with Gasteiger partial charge >= 0.3 is 0 Å². The van der Waals surface area contributed by atoms with E-state index in [0.29, 0.717) is 43.2 Å². The van der Waals surface area contributed by atoms with Crippen LogP contribution in [0.15, 0.2) is 36.4 Å². The Morgan fingerprint density at radius 1 is 1.21 bits per heavy atom. The first-order chi connectivity index (χ1) is 17.6. The lowest BCUT2D eigenvalue weighted by atomic mass is 10.0. The number of halogens is 1. The lowest BCUT2D eigenvalue weighted by Gasteiger charge is -2.29. The molecule has 0 aliphatic carbocycles. The molecule has 2 aromatic rings. The summed E-state index contributed by atoms with van der Waals surface area (Å²) in [7, 11) is 0. The topological polar surface area (TPSA) is 88.2 Å². The third-order valence-electron chi connectivity index (χ3n) is 6.08. The average molecular weight is 471 g/mol. The van der Waals surface area contributed by atoms with E-state index < -0.39 is 36.1 Å². The van der Waals surface area contributed by atoms with Gasteiger partial charge in [-0.3, -0.25) is 24.6 Å². The monoisotopic (exact) mass is 470 g/mol. The molecule has 0 saturated carbocycles. The average Bonchev–Trinajstić information content (AvgIpc) is 3.24. The minimum absolute atomic E-state index is 0.0493. The molecular formula is C25H26FN3O5. The SMILES string of the molecule is [2H]C1(N2Cc3c(OCc4cc(C([2H])([2H])N5CCOCC5)ccc4F)cccc3C2=O)CCC(=O)NC1=O. The maximum absolute atomic E-state index is 14.7. The van der Waals surface area contributed by atoms with Gasteiger partial charge in [0.15, 0.2) is 0 Å². The van der Waals surface area contributed by atoms with Gasteiger partial charge in [0.2, 0.25) is 11.8 Å². The van der Waals surface area contributed by atoms with E-state index >= 15 is 0 Å². The van der Waals surface area contributed by atoms with Crippen LogP contribution in [0.5, 0.6) is 5.75 Å². The maximum Gasteiger partial charge on any atom is 0.255 e. The molecule has 1 unspecified atom stereocenters. The Hall–Kier alpha value is -3.30. The van der Waals surface area contributed by atoms with Gasteiger partial charge in [-0.2, -0.15) is 0 Å². The highest BCUT2D eigenvalue weighted by Crippen LogP contribution is 2.34. The Bertz CT molecular complexity index is 1270. The number of amides is 3. The van der Waals surface area contributed by atoms with Crippen LogP contribution in [-0.4, -0.2) is 59.8 Å². The van der Waals surface area contributed by atoms with Crippen molar-refractivity contribution in [3.05, 3.63) is 64.5 Å². The predicted molar refractivity (Wildman–Crippen MR) is 119 cm³/mol. The lowest BCUT2D eigenvalue weighted by molar-refractivity contribution is -0.136. The number of fused-ring (bicyclic) bond motifs is 1. The van der Waals surface area contributed by atoms with Crippen molar-refractivity contribution in [2.24, 2.45) is 0 Å². The Morgan fingerprint density at radius 3 is 2.82 bits per heavy atom. The molecule has 34 heavy (non-hydrogen) atoms. The third-order valence-corrected chi connectivity index (χ3v) is 6.08. The molecule has 9 heteroatoms. The number of carbonyl (C=O) groups excluding carboxylic acids is 3. The number of piperidine rings is 1. The minimum atomic E-state index is -1.92. The van der Waals surface area contributed by atoms with Crippen LogP contribution in [0, 0.1) is 5.82 Å². The summed E-state index contributed by atoms with van der Waals surface area (Å²) < 4.78 is 51.6.